The van der Waals surface area contributed by atoms with Gasteiger partial charge in [-0.2, -0.15) is 0 Å². The normalized spacial score (nSPS) is 15.4. The Hall–Kier alpha value is -3.62. The van der Waals surface area contributed by atoms with Crippen LogP contribution in [0, 0.1) is 6.92 Å². The molecule has 3 aromatic carbocycles. The highest BCUT2D eigenvalue weighted by Gasteiger charge is 2.41. The molecule has 3 aromatic rings. The lowest BCUT2D eigenvalue weighted by Crippen LogP contribution is -2.37. The molecule has 0 saturated carbocycles. The van der Waals surface area contributed by atoms with Gasteiger partial charge in [0.2, 0.25) is 0 Å². The minimum atomic E-state index is -1.19. The van der Waals surface area contributed by atoms with Gasteiger partial charge < -0.3 is 14.6 Å². The van der Waals surface area contributed by atoms with Crippen LogP contribution in [-0.4, -0.2) is 33.3 Å². The third kappa shape index (κ3) is 5.55. The summed E-state index contributed by atoms with van der Waals surface area (Å²) in [7, 11) is 1.55. The minimum Gasteiger partial charge on any atom is -0.493 e. The summed E-state index contributed by atoms with van der Waals surface area (Å²) in [4.78, 5) is 26.7. The number of carboxylic acids is 1. The van der Waals surface area contributed by atoms with Crippen LogP contribution >= 0.6 is 24.0 Å². The molecule has 1 aliphatic heterocycles. The number of amides is 1. The average Bonchev–Trinajstić information content (AvgIpc) is 3.12. The van der Waals surface area contributed by atoms with Crippen LogP contribution in [0.1, 0.15) is 28.3 Å². The van der Waals surface area contributed by atoms with Crippen molar-refractivity contribution in [3.63, 3.8) is 0 Å². The summed E-state index contributed by atoms with van der Waals surface area (Å²) in [6.45, 7) is 2.42. The van der Waals surface area contributed by atoms with Crippen LogP contribution in [0.15, 0.2) is 77.7 Å². The second-order valence-electron chi connectivity index (χ2n) is 7.89. The van der Waals surface area contributed by atoms with Gasteiger partial charge in [0.1, 0.15) is 10.9 Å². The van der Waals surface area contributed by atoms with E-state index in [9.17, 15) is 14.7 Å². The zero-order chi connectivity index (χ0) is 24.9. The molecule has 35 heavy (non-hydrogen) atoms. The Kier molecular flexibility index (Phi) is 7.53. The van der Waals surface area contributed by atoms with Gasteiger partial charge in [0.15, 0.2) is 17.5 Å². The summed E-state index contributed by atoms with van der Waals surface area (Å²) < 4.78 is 11.6. The number of thioether (sulfide) groups is 1. The van der Waals surface area contributed by atoms with E-state index in [2.05, 4.69) is 0 Å². The number of ether oxygens (including phenoxy) is 2. The molecule has 0 aliphatic carbocycles. The second-order valence-corrected chi connectivity index (χ2v) is 9.56. The topological polar surface area (TPSA) is 76.1 Å². The fraction of sp³-hybridized carbons (Fsp3) is 0.148. The minimum absolute atomic E-state index is 0.197. The van der Waals surface area contributed by atoms with Crippen LogP contribution in [0.3, 0.4) is 0 Å². The first-order chi connectivity index (χ1) is 16.9. The molecule has 1 atom stereocenters. The van der Waals surface area contributed by atoms with Crippen molar-refractivity contribution in [1.29, 1.82) is 0 Å². The molecule has 0 aromatic heterocycles. The number of aliphatic carboxylic acids is 1. The first-order valence-electron chi connectivity index (χ1n) is 10.8. The van der Waals surface area contributed by atoms with Gasteiger partial charge in [0.05, 0.1) is 12.0 Å². The van der Waals surface area contributed by atoms with Crippen LogP contribution in [0.2, 0.25) is 0 Å². The molecule has 0 spiro atoms. The van der Waals surface area contributed by atoms with E-state index in [1.165, 1.54) is 5.56 Å². The quantitative estimate of drug-likeness (QED) is 0.315. The number of carboxylic acid groups (broad SMARTS) is 1. The first kappa shape index (κ1) is 24.5. The van der Waals surface area contributed by atoms with Crippen LogP contribution < -0.4 is 9.47 Å². The molecule has 1 aliphatic rings. The third-order valence-electron chi connectivity index (χ3n) is 5.43. The summed E-state index contributed by atoms with van der Waals surface area (Å²) in [5, 5.41) is 9.83. The van der Waals surface area contributed by atoms with Crippen LogP contribution in [0.25, 0.3) is 6.08 Å². The summed E-state index contributed by atoms with van der Waals surface area (Å²) in [6, 6.07) is 20.8. The lowest BCUT2D eigenvalue weighted by atomic mass is 10.1. The molecule has 1 saturated heterocycles. The van der Waals surface area contributed by atoms with Gasteiger partial charge in [0, 0.05) is 0 Å². The fourth-order valence-corrected chi connectivity index (χ4v) is 4.94. The van der Waals surface area contributed by atoms with Crippen molar-refractivity contribution in [3.05, 3.63) is 100.0 Å². The summed E-state index contributed by atoms with van der Waals surface area (Å²) >= 11 is 6.46. The number of aryl methyl sites for hydroxylation is 1. The Morgan fingerprint density at radius 3 is 2.46 bits per heavy atom. The van der Waals surface area contributed by atoms with E-state index in [-0.39, 0.29) is 4.32 Å². The van der Waals surface area contributed by atoms with Gasteiger partial charge in [-0.25, -0.2) is 4.79 Å². The second kappa shape index (κ2) is 10.8. The van der Waals surface area contributed by atoms with Crippen LogP contribution in [-0.2, 0) is 16.2 Å². The Bertz CT molecular complexity index is 1290. The number of carbonyl (C=O) groups excluding carboxylic acids is 1. The highest BCUT2D eigenvalue weighted by molar-refractivity contribution is 8.26. The fourth-order valence-electron chi connectivity index (χ4n) is 3.63. The molecule has 1 unspecified atom stereocenters. The molecule has 0 bridgehead atoms. The molecule has 1 N–H and O–H groups in total. The lowest BCUT2D eigenvalue weighted by Gasteiger charge is -2.23. The van der Waals surface area contributed by atoms with E-state index < -0.39 is 17.9 Å². The largest absolute Gasteiger partial charge is 0.493 e. The smallest absolute Gasteiger partial charge is 0.331 e. The van der Waals surface area contributed by atoms with Crippen molar-refractivity contribution in [2.75, 3.05) is 7.11 Å². The molecule has 1 heterocycles. The maximum absolute atomic E-state index is 13.2. The average molecular weight is 506 g/mol. The zero-order valence-electron chi connectivity index (χ0n) is 19.1. The Morgan fingerprint density at radius 2 is 1.80 bits per heavy atom. The van der Waals surface area contributed by atoms with Gasteiger partial charge >= 0.3 is 5.97 Å². The summed E-state index contributed by atoms with van der Waals surface area (Å²) in [6.07, 6.45) is 1.68. The number of nitrogens with zero attached hydrogens (tertiary/aromatic N) is 1. The highest BCUT2D eigenvalue weighted by Crippen LogP contribution is 2.39. The van der Waals surface area contributed by atoms with Gasteiger partial charge in [-0.05, 0) is 41.8 Å². The van der Waals surface area contributed by atoms with Crippen molar-refractivity contribution >= 4 is 46.3 Å². The number of thiocarbonyl (C=S) groups is 1. The predicted octanol–water partition coefficient (Wildman–Crippen LogP) is 5.61. The number of hydrogen-bond donors (Lipinski definition) is 1. The summed E-state index contributed by atoms with van der Waals surface area (Å²) in [5.74, 6) is -0.498. The molecular weight excluding hydrogens is 482 g/mol. The molecule has 178 valence electrons. The maximum atomic E-state index is 13.2. The maximum Gasteiger partial charge on any atom is 0.331 e. The SMILES string of the molecule is COc1cc(/C=C2\SC(=S)N(C(C(=O)O)c3ccccc3)C2=O)ccc1OCc1ccc(C)cc1. The van der Waals surface area contributed by atoms with Crippen molar-refractivity contribution in [2.45, 2.75) is 19.6 Å². The first-order valence-corrected chi connectivity index (χ1v) is 12.0. The van der Waals surface area contributed by atoms with E-state index >= 15 is 0 Å². The van der Waals surface area contributed by atoms with E-state index in [4.69, 9.17) is 21.7 Å². The third-order valence-corrected chi connectivity index (χ3v) is 6.76. The van der Waals surface area contributed by atoms with Crippen LogP contribution in [0.5, 0.6) is 11.5 Å². The molecule has 4 rings (SSSR count). The molecular formula is C27H23NO5S2. The molecule has 1 amide bonds. The van der Waals surface area contributed by atoms with Crippen molar-refractivity contribution in [2.24, 2.45) is 0 Å². The zero-order valence-corrected chi connectivity index (χ0v) is 20.8. The lowest BCUT2D eigenvalue weighted by molar-refractivity contribution is -0.145. The van der Waals surface area contributed by atoms with Gasteiger partial charge in [-0.15, -0.1) is 0 Å². The molecule has 1 fully saturated rings. The number of methoxy groups -OCH3 is 1. The van der Waals surface area contributed by atoms with Crippen molar-refractivity contribution < 1.29 is 24.2 Å². The van der Waals surface area contributed by atoms with Gasteiger partial charge in [-0.1, -0.05) is 90.2 Å². The Morgan fingerprint density at radius 1 is 1.09 bits per heavy atom. The number of hydrogen-bond acceptors (Lipinski definition) is 6. The van der Waals surface area contributed by atoms with E-state index in [1.807, 2.05) is 37.3 Å². The Balaban J connectivity index is 1.55. The number of carbonyl (C=O) groups is 2. The van der Waals surface area contributed by atoms with Gasteiger partial charge in [-0.3, -0.25) is 9.69 Å². The monoisotopic (exact) mass is 505 g/mol. The van der Waals surface area contributed by atoms with Gasteiger partial charge in [0.25, 0.3) is 5.91 Å². The molecule has 8 heteroatoms. The summed E-state index contributed by atoms with van der Waals surface area (Å²) in [5.41, 5.74) is 3.40. The predicted molar refractivity (Wildman–Crippen MR) is 140 cm³/mol. The molecule has 6 nitrogen and oxygen atoms in total. The van der Waals surface area contributed by atoms with E-state index in [0.717, 1.165) is 22.2 Å². The van der Waals surface area contributed by atoms with E-state index in [1.54, 1.807) is 55.7 Å². The number of benzene rings is 3. The standard InChI is InChI=1S/C27H23NO5S2/c1-17-8-10-18(11-9-17)16-33-21-13-12-19(14-22(21)32-2)15-23-25(29)28(27(34)35-23)24(26(30)31)20-6-4-3-5-7-20/h3-15,24H,16H2,1-2H3,(H,30,31)/b23-15-. The van der Waals surface area contributed by atoms with Crippen molar-refractivity contribution in [3.8, 4) is 11.5 Å². The van der Waals surface area contributed by atoms with Crippen LogP contribution in [0.4, 0.5) is 0 Å². The Labute approximate surface area is 213 Å². The molecule has 0 radical (unpaired) electrons. The highest BCUT2D eigenvalue weighted by atomic mass is 32.2. The number of rotatable bonds is 8. The van der Waals surface area contributed by atoms with E-state index in [0.29, 0.717) is 34.1 Å². The van der Waals surface area contributed by atoms with Crippen molar-refractivity contribution in [1.82, 2.24) is 4.90 Å².